The van der Waals surface area contributed by atoms with Crippen molar-refractivity contribution in [3.63, 3.8) is 0 Å². The first-order chi connectivity index (χ1) is 12.8. The van der Waals surface area contributed by atoms with Crippen LogP contribution >= 0.6 is 0 Å². The lowest BCUT2D eigenvalue weighted by Gasteiger charge is -2.30. The quantitative estimate of drug-likeness (QED) is 0.430. The van der Waals surface area contributed by atoms with E-state index < -0.39 is 0 Å². The van der Waals surface area contributed by atoms with Crippen molar-refractivity contribution in [1.29, 1.82) is 0 Å². The van der Waals surface area contributed by atoms with E-state index in [0.717, 1.165) is 23.7 Å². The molecule has 1 heteroatoms. The SMILES string of the molecule is CCCCCC1CCC(c2ccc(C3CCC(CCC)CC3)cn2)CC1. The Morgan fingerprint density at radius 2 is 1.38 bits per heavy atom. The van der Waals surface area contributed by atoms with E-state index in [1.165, 1.54) is 101 Å². The molecule has 2 fully saturated rings. The van der Waals surface area contributed by atoms with Gasteiger partial charge in [-0.15, -0.1) is 0 Å². The summed E-state index contributed by atoms with van der Waals surface area (Å²) in [5.41, 5.74) is 2.89. The predicted molar refractivity (Wildman–Crippen MR) is 113 cm³/mol. The normalized spacial score (nSPS) is 29.6. The van der Waals surface area contributed by atoms with Gasteiger partial charge in [0, 0.05) is 17.8 Å². The first-order valence-corrected chi connectivity index (χ1v) is 11.8. The first-order valence-electron chi connectivity index (χ1n) is 11.8. The van der Waals surface area contributed by atoms with Crippen LogP contribution in [0.2, 0.25) is 0 Å². The van der Waals surface area contributed by atoms with Crippen LogP contribution < -0.4 is 0 Å². The summed E-state index contributed by atoms with van der Waals surface area (Å²) in [7, 11) is 0. The van der Waals surface area contributed by atoms with Gasteiger partial charge in [0.15, 0.2) is 0 Å². The van der Waals surface area contributed by atoms with Gasteiger partial charge in [0.25, 0.3) is 0 Å². The van der Waals surface area contributed by atoms with Crippen LogP contribution in [0.15, 0.2) is 18.3 Å². The Morgan fingerprint density at radius 3 is 1.96 bits per heavy atom. The van der Waals surface area contributed by atoms with Crippen molar-refractivity contribution in [2.75, 3.05) is 0 Å². The maximum absolute atomic E-state index is 4.93. The third-order valence-electron chi connectivity index (χ3n) is 7.31. The Hall–Kier alpha value is -0.850. The van der Waals surface area contributed by atoms with Gasteiger partial charge >= 0.3 is 0 Å². The van der Waals surface area contributed by atoms with Crippen molar-refractivity contribution in [1.82, 2.24) is 4.98 Å². The van der Waals surface area contributed by atoms with Gasteiger partial charge in [0.05, 0.1) is 0 Å². The zero-order chi connectivity index (χ0) is 18.2. The standard InChI is InChI=1S/C25H41N/c1-3-5-6-8-21-11-15-23(16-12-21)25-18-17-24(19-26-25)22-13-9-20(7-4-2)10-14-22/h17-23H,3-16H2,1-2H3. The predicted octanol–water partition coefficient (Wildman–Crippen LogP) is 8.01. The largest absolute Gasteiger partial charge is 0.261 e. The molecule has 0 amide bonds. The molecule has 146 valence electrons. The lowest BCUT2D eigenvalue weighted by atomic mass is 9.77. The Morgan fingerprint density at radius 1 is 0.731 bits per heavy atom. The fourth-order valence-corrected chi connectivity index (χ4v) is 5.52. The highest BCUT2D eigenvalue weighted by Crippen LogP contribution is 2.39. The zero-order valence-electron chi connectivity index (χ0n) is 17.4. The number of hydrogen-bond acceptors (Lipinski definition) is 1. The van der Waals surface area contributed by atoms with Gasteiger partial charge in [-0.05, 0) is 80.8 Å². The van der Waals surface area contributed by atoms with Gasteiger partial charge in [0.1, 0.15) is 0 Å². The number of aromatic nitrogens is 1. The average molecular weight is 356 g/mol. The molecule has 0 radical (unpaired) electrons. The van der Waals surface area contributed by atoms with Crippen molar-refractivity contribution >= 4 is 0 Å². The van der Waals surface area contributed by atoms with Crippen LogP contribution in [-0.4, -0.2) is 4.98 Å². The summed E-state index contributed by atoms with van der Waals surface area (Å²) in [6.45, 7) is 4.64. The van der Waals surface area contributed by atoms with Crippen LogP contribution in [0.25, 0.3) is 0 Å². The lowest BCUT2D eigenvalue weighted by Crippen LogP contribution is -2.15. The van der Waals surface area contributed by atoms with E-state index in [1.807, 2.05) is 0 Å². The van der Waals surface area contributed by atoms with Gasteiger partial charge in [-0.3, -0.25) is 4.98 Å². The van der Waals surface area contributed by atoms with E-state index in [-0.39, 0.29) is 0 Å². The van der Waals surface area contributed by atoms with Crippen LogP contribution in [0, 0.1) is 11.8 Å². The minimum Gasteiger partial charge on any atom is -0.261 e. The van der Waals surface area contributed by atoms with E-state index >= 15 is 0 Å². The summed E-state index contributed by atoms with van der Waals surface area (Å²) in [5.74, 6) is 3.50. The Bertz CT molecular complexity index is 489. The first kappa shape index (κ1) is 19.9. The molecular weight excluding hydrogens is 314 g/mol. The highest BCUT2D eigenvalue weighted by Gasteiger charge is 2.24. The average Bonchev–Trinajstić information content (AvgIpc) is 2.70. The molecule has 0 saturated heterocycles. The fourth-order valence-electron chi connectivity index (χ4n) is 5.52. The van der Waals surface area contributed by atoms with Gasteiger partial charge in [0.2, 0.25) is 0 Å². The van der Waals surface area contributed by atoms with Crippen LogP contribution in [0.3, 0.4) is 0 Å². The Kier molecular flexibility index (Phi) is 8.02. The highest BCUT2D eigenvalue weighted by atomic mass is 14.7. The highest BCUT2D eigenvalue weighted by molar-refractivity contribution is 5.21. The molecule has 0 aromatic carbocycles. The molecule has 1 nitrogen and oxygen atoms in total. The van der Waals surface area contributed by atoms with Gasteiger partial charge in [-0.1, -0.05) is 58.4 Å². The summed E-state index contributed by atoms with van der Waals surface area (Å²) >= 11 is 0. The molecule has 1 aromatic rings. The zero-order valence-corrected chi connectivity index (χ0v) is 17.4. The second-order valence-electron chi connectivity index (χ2n) is 9.24. The van der Waals surface area contributed by atoms with Crippen molar-refractivity contribution in [2.45, 2.75) is 116 Å². The minimum atomic E-state index is 0.728. The summed E-state index contributed by atoms with van der Waals surface area (Å²) in [4.78, 5) is 4.93. The smallest absolute Gasteiger partial charge is 0.0434 e. The molecule has 3 rings (SSSR count). The molecule has 1 aromatic heterocycles. The third kappa shape index (κ3) is 5.57. The number of rotatable bonds is 8. The summed E-state index contributed by atoms with van der Waals surface area (Å²) in [6.07, 6.45) is 21.9. The molecular formula is C25H41N. The molecule has 0 bridgehead atoms. The molecule has 0 N–H and O–H groups in total. The van der Waals surface area contributed by atoms with Crippen LogP contribution in [0.4, 0.5) is 0 Å². The van der Waals surface area contributed by atoms with E-state index in [2.05, 4.69) is 32.2 Å². The molecule has 0 spiro atoms. The second-order valence-corrected chi connectivity index (χ2v) is 9.24. The monoisotopic (exact) mass is 355 g/mol. The molecule has 2 aliphatic carbocycles. The number of nitrogens with zero attached hydrogens (tertiary/aromatic N) is 1. The van der Waals surface area contributed by atoms with E-state index in [4.69, 9.17) is 4.98 Å². The Balaban J connectivity index is 1.45. The summed E-state index contributed by atoms with van der Waals surface area (Å²) < 4.78 is 0. The molecule has 0 unspecified atom stereocenters. The van der Waals surface area contributed by atoms with Gasteiger partial charge in [-0.25, -0.2) is 0 Å². The summed E-state index contributed by atoms with van der Waals surface area (Å²) in [6, 6.07) is 4.79. The topological polar surface area (TPSA) is 12.9 Å². The maximum Gasteiger partial charge on any atom is 0.0434 e. The van der Waals surface area contributed by atoms with Gasteiger partial charge in [-0.2, -0.15) is 0 Å². The van der Waals surface area contributed by atoms with E-state index in [1.54, 1.807) is 0 Å². The fraction of sp³-hybridized carbons (Fsp3) is 0.800. The molecule has 2 aliphatic rings. The van der Waals surface area contributed by atoms with Crippen molar-refractivity contribution in [3.05, 3.63) is 29.6 Å². The van der Waals surface area contributed by atoms with Crippen LogP contribution in [0.1, 0.15) is 127 Å². The second kappa shape index (κ2) is 10.5. The van der Waals surface area contributed by atoms with E-state index in [9.17, 15) is 0 Å². The number of hydrogen-bond donors (Lipinski definition) is 0. The summed E-state index contributed by atoms with van der Waals surface area (Å²) in [5, 5.41) is 0. The van der Waals surface area contributed by atoms with Crippen molar-refractivity contribution in [3.8, 4) is 0 Å². The molecule has 0 atom stereocenters. The molecule has 1 heterocycles. The van der Waals surface area contributed by atoms with Crippen LogP contribution in [0.5, 0.6) is 0 Å². The van der Waals surface area contributed by atoms with Crippen molar-refractivity contribution in [2.24, 2.45) is 11.8 Å². The van der Waals surface area contributed by atoms with Crippen LogP contribution in [-0.2, 0) is 0 Å². The van der Waals surface area contributed by atoms with E-state index in [0.29, 0.717) is 0 Å². The van der Waals surface area contributed by atoms with Crippen molar-refractivity contribution < 1.29 is 0 Å². The number of unbranched alkanes of at least 4 members (excludes halogenated alkanes) is 2. The minimum absolute atomic E-state index is 0.728. The Labute approximate surface area is 162 Å². The maximum atomic E-state index is 4.93. The lowest BCUT2D eigenvalue weighted by molar-refractivity contribution is 0.299. The molecule has 2 saturated carbocycles. The third-order valence-corrected chi connectivity index (χ3v) is 7.31. The van der Waals surface area contributed by atoms with Gasteiger partial charge < -0.3 is 0 Å². The number of pyridine rings is 1. The molecule has 26 heavy (non-hydrogen) atoms. The molecule has 0 aliphatic heterocycles.